The maximum Gasteiger partial charge on any atom is 0.348 e. The number of nitrogens with one attached hydrogen (secondary N) is 1. The molecule has 2 aromatic carbocycles. The fourth-order valence-electron chi connectivity index (χ4n) is 2.94. The van der Waals surface area contributed by atoms with Crippen molar-refractivity contribution in [3.63, 3.8) is 0 Å². The van der Waals surface area contributed by atoms with Crippen molar-refractivity contribution < 1.29 is 27.5 Å². The van der Waals surface area contributed by atoms with Crippen molar-refractivity contribution in [3.8, 4) is 0 Å². The maximum atomic E-state index is 13.0. The minimum Gasteiger partial charge on any atom is -0.462 e. The van der Waals surface area contributed by atoms with Crippen molar-refractivity contribution >= 4 is 49.1 Å². The molecule has 158 valence electrons. The van der Waals surface area contributed by atoms with Gasteiger partial charge in [0.05, 0.1) is 23.7 Å². The topological polar surface area (TPSA) is 98.8 Å². The first-order valence-electron chi connectivity index (χ1n) is 9.27. The van der Waals surface area contributed by atoms with E-state index in [4.69, 9.17) is 9.47 Å². The number of sulfonamides is 1. The van der Waals surface area contributed by atoms with Crippen molar-refractivity contribution in [2.45, 2.75) is 25.7 Å². The summed E-state index contributed by atoms with van der Waals surface area (Å²) < 4.78 is 38.6. The molecule has 3 aromatic rings. The van der Waals surface area contributed by atoms with Crippen LogP contribution in [-0.4, -0.2) is 33.6 Å². The van der Waals surface area contributed by atoms with E-state index in [1.807, 2.05) is 24.3 Å². The molecule has 0 aliphatic carbocycles. The number of hydrogen-bond donors (Lipinski definition) is 1. The van der Waals surface area contributed by atoms with Crippen LogP contribution < -0.4 is 4.72 Å². The zero-order chi connectivity index (χ0) is 21.9. The number of fused-ring (bicyclic) bond motifs is 1. The largest absolute Gasteiger partial charge is 0.462 e. The lowest BCUT2D eigenvalue weighted by Gasteiger charge is -2.10. The number of rotatable bonds is 7. The second-order valence-corrected chi connectivity index (χ2v) is 9.02. The summed E-state index contributed by atoms with van der Waals surface area (Å²) in [7, 11) is -4.02. The number of carbonyl (C=O) groups is 2. The molecule has 1 heterocycles. The average Bonchev–Trinajstić information content (AvgIpc) is 3.03. The first-order valence-corrected chi connectivity index (χ1v) is 11.6. The van der Waals surface area contributed by atoms with Gasteiger partial charge < -0.3 is 9.47 Å². The highest BCUT2D eigenvalue weighted by molar-refractivity contribution is 7.93. The van der Waals surface area contributed by atoms with Gasteiger partial charge in [0.25, 0.3) is 10.0 Å². The Bertz CT molecular complexity index is 1210. The fourth-order valence-corrected chi connectivity index (χ4v) is 5.37. The van der Waals surface area contributed by atoms with Crippen molar-refractivity contribution in [2.24, 2.45) is 0 Å². The molecule has 0 bridgehead atoms. The van der Waals surface area contributed by atoms with Crippen molar-refractivity contribution in [1.82, 2.24) is 0 Å². The number of hydrogen-bond acceptors (Lipinski definition) is 7. The van der Waals surface area contributed by atoms with Crippen LogP contribution in [0.25, 0.3) is 10.8 Å². The van der Waals surface area contributed by atoms with Gasteiger partial charge in [-0.2, -0.15) is 0 Å². The van der Waals surface area contributed by atoms with E-state index in [0.29, 0.717) is 5.56 Å². The molecule has 0 amide bonds. The molecule has 1 N–H and O–H groups in total. The van der Waals surface area contributed by atoms with Gasteiger partial charge in [0.15, 0.2) is 0 Å². The van der Waals surface area contributed by atoms with E-state index in [1.54, 1.807) is 32.9 Å². The van der Waals surface area contributed by atoms with Crippen molar-refractivity contribution in [1.29, 1.82) is 0 Å². The Morgan fingerprint density at radius 2 is 1.60 bits per heavy atom. The van der Waals surface area contributed by atoms with Gasteiger partial charge in [-0.25, -0.2) is 18.0 Å². The van der Waals surface area contributed by atoms with Crippen LogP contribution in [0.5, 0.6) is 0 Å². The van der Waals surface area contributed by atoms with Crippen LogP contribution in [0.2, 0.25) is 0 Å². The molecular formula is C21H21NO6S2. The van der Waals surface area contributed by atoms with Gasteiger partial charge in [-0.1, -0.05) is 30.3 Å². The van der Waals surface area contributed by atoms with Crippen LogP contribution >= 0.6 is 11.3 Å². The van der Waals surface area contributed by atoms with E-state index in [1.165, 1.54) is 6.07 Å². The molecule has 9 heteroatoms. The summed E-state index contributed by atoms with van der Waals surface area (Å²) in [5, 5.41) is 1.68. The normalized spacial score (nSPS) is 11.3. The van der Waals surface area contributed by atoms with Gasteiger partial charge in [-0.3, -0.25) is 4.72 Å². The minimum atomic E-state index is -4.02. The van der Waals surface area contributed by atoms with E-state index >= 15 is 0 Å². The predicted molar refractivity (Wildman–Crippen MR) is 116 cm³/mol. The van der Waals surface area contributed by atoms with E-state index in [9.17, 15) is 18.0 Å². The number of anilines is 1. The number of ether oxygens (including phenoxy) is 2. The minimum absolute atomic E-state index is 0.00858. The summed E-state index contributed by atoms with van der Waals surface area (Å²) in [6.45, 7) is 5.13. The van der Waals surface area contributed by atoms with E-state index < -0.39 is 22.0 Å². The quantitative estimate of drug-likeness (QED) is 0.540. The molecule has 0 spiro atoms. The molecule has 30 heavy (non-hydrogen) atoms. The molecule has 0 saturated carbocycles. The molecule has 0 atom stereocenters. The second kappa shape index (κ2) is 8.85. The van der Waals surface area contributed by atoms with Gasteiger partial charge in [0, 0.05) is 0 Å². The third kappa shape index (κ3) is 4.31. The molecule has 0 unspecified atom stereocenters. The van der Waals surface area contributed by atoms with Crippen LogP contribution in [0.15, 0.2) is 47.4 Å². The number of esters is 2. The Kier molecular flexibility index (Phi) is 6.42. The Morgan fingerprint density at radius 3 is 2.27 bits per heavy atom. The van der Waals surface area contributed by atoms with Gasteiger partial charge in [-0.05, 0) is 49.2 Å². The van der Waals surface area contributed by atoms with Gasteiger partial charge >= 0.3 is 11.9 Å². The van der Waals surface area contributed by atoms with Crippen LogP contribution in [0, 0.1) is 6.92 Å². The summed E-state index contributed by atoms with van der Waals surface area (Å²) in [6, 6.07) is 12.1. The molecular weight excluding hydrogens is 426 g/mol. The highest BCUT2D eigenvalue weighted by atomic mass is 32.2. The highest BCUT2D eigenvalue weighted by Crippen LogP contribution is 2.36. The molecule has 0 radical (unpaired) electrons. The Labute approximate surface area is 178 Å². The predicted octanol–water partition coefficient (Wildman–Crippen LogP) is 4.36. The summed E-state index contributed by atoms with van der Waals surface area (Å²) >= 11 is 0.848. The third-order valence-electron chi connectivity index (χ3n) is 4.35. The van der Waals surface area contributed by atoms with Crippen LogP contribution in [0.4, 0.5) is 5.00 Å². The maximum absolute atomic E-state index is 13.0. The zero-order valence-electron chi connectivity index (χ0n) is 16.7. The average molecular weight is 448 g/mol. The lowest BCUT2D eigenvalue weighted by atomic mass is 10.1. The Hall–Kier alpha value is -2.91. The molecule has 0 aliphatic heterocycles. The van der Waals surface area contributed by atoms with Crippen LogP contribution in [-0.2, 0) is 19.5 Å². The first-order chi connectivity index (χ1) is 14.3. The smallest absolute Gasteiger partial charge is 0.348 e. The summed E-state index contributed by atoms with van der Waals surface area (Å²) in [5.74, 6) is -1.33. The third-order valence-corrected chi connectivity index (χ3v) is 7.01. The van der Waals surface area contributed by atoms with Crippen LogP contribution in [0.1, 0.15) is 39.4 Å². The molecule has 1 aromatic heterocycles. The highest BCUT2D eigenvalue weighted by Gasteiger charge is 2.29. The molecule has 0 aliphatic rings. The second-order valence-electron chi connectivity index (χ2n) is 6.32. The standard InChI is InChI=1S/C21H21NO6S2/c1-4-27-20(23)17-13(3)18(21(24)28-5-2)29-19(17)22-30(25,26)16-11-10-14-8-6-7-9-15(14)12-16/h6-12,22H,4-5H2,1-3H3. The first kappa shape index (κ1) is 21.8. The zero-order valence-corrected chi connectivity index (χ0v) is 18.4. The Morgan fingerprint density at radius 1 is 0.967 bits per heavy atom. The van der Waals surface area contributed by atoms with Gasteiger partial charge in [0.1, 0.15) is 9.88 Å². The number of thiophene rings is 1. The number of benzene rings is 2. The lowest BCUT2D eigenvalue weighted by molar-refractivity contribution is 0.0527. The van der Waals surface area contributed by atoms with Crippen LogP contribution in [0.3, 0.4) is 0 Å². The van der Waals surface area contributed by atoms with Gasteiger partial charge in [-0.15, -0.1) is 11.3 Å². The summed E-state index contributed by atoms with van der Waals surface area (Å²) in [5.41, 5.74) is 0.322. The number of carbonyl (C=O) groups excluding carboxylic acids is 2. The van der Waals surface area contributed by atoms with E-state index in [-0.39, 0.29) is 33.6 Å². The van der Waals surface area contributed by atoms with E-state index in [0.717, 1.165) is 22.1 Å². The van der Waals surface area contributed by atoms with Gasteiger partial charge in [0.2, 0.25) is 0 Å². The summed E-state index contributed by atoms with van der Waals surface area (Å²) in [6.07, 6.45) is 0. The van der Waals surface area contributed by atoms with Crippen molar-refractivity contribution in [3.05, 3.63) is 58.5 Å². The van der Waals surface area contributed by atoms with E-state index in [2.05, 4.69) is 4.72 Å². The SMILES string of the molecule is CCOC(=O)c1sc(NS(=O)(=O)c2ccc3ccccc3c2)c(C(=O)OCC)c1C. The molecule has 0 fully saturated rings. The fraction of sp³-hybridized carbons (Fsp3) is 0.238. The molecule has 3 rings (SSSR count). The molecule has 7 nitrogen and oxygen atoms in total. The van der Waals surface area contributed by atoms with Crippen molar-refractivity contribution in [2.75, 3.05) is 17.9 Å². The monoisotopic (exact) mass is 447 g/mol. The summed E-state index contributed by atoms with van der Waals surface area (Å²) in [4.78, 5) is 24.9. The molecule has 0 saturated heterocycles. The lowest BCUT2D eigenvalue weighted by Crippen LogP contribution is -2.15. The Balaban J connectivity index is 2.05.